The van der Waals surface area contributed by atoms with Gasteiger partial charge in [-0.3, -0.25) is 0 Å². The zero-order valence-electron chi connectivity index (χ0n) is 11.1. The lowest BCUT2D eigenvalue weighted by Crippen LogP contribution is -2.32. The van der Waals surface area contributed by atoms with Crippen LogP contribution in [-0.4, -0.2) is 38.1 Å². The van der Waals surface area contributed by atoms with Crippen molar-refractivity contribution in [2.75, 3.05) is 12.9 Å². The Morgan fingerprint density at radius 1 is 1.33 bits per heavy atom. The van der Waals surface area contributed by atoms with Crippen molar-refractivity contribution in [2.45, 2.75) is 63.1 Å². The van der Waals surface area contributed by atoms with E-state index in [9.17, 15) is 13.5 Å². The Kier molecular flexibility index (Phi) is 6.04. The first-order chi connectivity index (χ1) is 8.35. The van der Waals surface area contributed by atoms with Crippen LogP contribution >= 0.6 is 0 Å². The minimum atomic E-state index is -3.49. The van der Waals surface area contributed by atoms with Crippen molar-refractivity contribution in [3.05, 3.63) is 0 Å². The highest BCUT2D eigenvalue weighted by atomic mass is 32.2. The fourth-order valence-electron chi connectivity index (χ4n) is 2.65. The molecule has 0 aromatic heterocycles. The quantitative estimate of drug-likeness (QED) is 0.731. The molecule has 0 aromatic carbocycles. The second-order valence-corrected chi connectivity index (χ2v) is 7.02. The number of hydrogen-bond donors (Lipinski definition) is 2. The number of ether oxygens (including phenoxy) is 1. The van der Waals surface area contributed by atoms with Crippen molar-refractivity contribution in [2.24, 2.45) is 5.14 Å². The van der Waals surface area contributed by atoms with Crippen molar-refractivity contribution in [1.29, 1.82) is 0 Å². The Morgan fingerprint density at radius 2 is 1.94 bits per heavy atom. The van der Waals surface area contributed by atoms with Crippen LogP contribution in [0, 0.1) is 0 Å². The summed E-state index contributed by atoms with van der Waals surface area (Å²) < 4.78 is 27.1. The predicted molar refractivity (Wildman–Crippen MR) is 70.7 cm³/mol. The minimum absolute atomic E-state index is 0.151. The molecule has 0 aromatic rings. The molecule has 0 saturated heterocycles. The SMILES string of the molecule is COC(CCCC1(O)CCCCC1)CS(N)(=O)=O. The van der Waals surface area contributed by atoms with Gasteiger partial charge in [-0.15, -0.1) is 0 Å². The van der Waals surface area contributed by atoms with Gasteiger partial charge < -0.3 is 9.84 Å². The first kappa shape index (κ1) is 15.9. The molecule has 0 amide bonds. The van der Waals surface area contributed by atoms with Crippen molar-refractivity contribution in [1.82, 2.24) is 0 Å². The van der Waals surface area contributed by atoms with Gasteiger partial charge in [-0.25, -0.2) is 13.6 Å². The van der Waals surface area contributed by atoms with E-state index in [1.165, 1.54) is 13.5 Å². The zero-order chi connectivity index (χ0) is 13.6. The van der Waals surface area contributed by atoms with Gasteiger partial charge in [0.05, 0.1) is 17.5 Å². The lowest BCUT2D eigenvalue weighted by Gasteiger charge is -2.32. The maximum atomic E-state index is 11.0. The fraction of sp³-hybridized carbons (Fsp3) is 1.00. The molecule has 3 N–H and O–H groups in total. The molecule has 1 fully saturated rings. The summed E-state index contributed by atoms with van der Waals surface area (Å²) in [7, 11) is -2.00. The van der Waals surface area contributed by atoms with Crippen molar-refractivity contribution in [3.63, 3.8) is 0 Å². The molecule has 108 valence electrons. The Bertz CT molecular complexity index is 336. The first-order valence-corrected chi connectivity index (χ1v) is 8.32. The standard InChI is InChI=1S/C12H25NO4S/c1-17-11(10-18(13,15)16)6-5-9-12(14)7-3-2-4-8-12/h11,14H,2-10H2,1H3,(H2,13,15,16). The second-order valence-electron chi connectivity index (χ2n) is 5.36. The Balaban J connectivity index is 2.30. The number of nitrogens with two attached hydrogens (primary N) is 1. The molecule has 1 unspecified atom stereocenters. The second kappa shape index (κ2) is 6.84. The molecule has 0 bridgehead atoms. The Hall–Kier alpha value is -0.170. The number of sulfonamides is 1. The molecule has 18 heavy (non-hydrogen) atoms. The third kappa shape index (κ3) is 6.13. The van der Waals surface area contributed by atoms with Gasteiger partial charge in [0.15, 0.2) is 0 Å². The van der Waals surface area contributed by atoms with E-state index in [2.05, 4.69) is 0 Å². The normalized spacial score (nSPS) is 21.7. The van der Waals surface area contributed by atoms with E-state index in [0.29, 0.717) is 6.42 Å². The van der Waals surface area contributed by atoms with Gasteiger partial charge in [0.25, 0.3) is 0 Å². The van der Waals surface area contributed by atoms with Crippen molar-refractivity contribution >= 4 is 10.0 Å². The maximum Gasteiger partial charge on any atom is 0.211 e. The van der Waals surface area contributed by atoms with E-state index >= 15 is 0 Å². The molecule has 0 spiro atoms. The van der Waals surface area contributed by atoms with E-state index in [4.69, 9.17) is 9.88 Å². The highest BCUT2D eigenvalue weighted by molar-refractivity contribution is 7.89. The van der Waals surface area contributed by atoms with E-state index in [1.54, 1.807) is 0 Å². The predicted octanol–water partition coefficient (Wildman–Crippen LogP) is 1.16. The van der Waals surface area contributed by atoms with Crippen LogP contribution in [0.4, 0.5) is 0 Å². The molecule has 1 saturated carbocycles. The molecule has 1 rings (SSSR count). The number of aliphatic hydroxyl groups is 1. The van der Waals surface area contributed by atoms with E-state index in [-0.39, 0.29) is 11.9 Å². The van der Waals surface area contributed by atoms with E-state index in [0.717, 1.165) is 38.5 Å². The number of rotatable bonds is 7. The van der Waals surface area contributed by atoms with Gasteiger partial charge in [0, 0.05) is 7.11 Å². The third-order valence-corrected chi connectivity index (χ3v) is 4.54. The minimum Gasteiger partial charge on any atom is -0.390 e. The van der Waals surface area contributed by atoms with Crippen LogP contribution in [0.1, 0.15) is 51.4 Å². The molecule has 0 heterocycles. The van der Waals surface area contributed by atoms with Crippen LogP contribution in [0.2, 0.25) is 0 Å². The molecular weight excluding hydrogens is 254 g/mol. The van der Waals surface area contributed by atoms with Crippen LogP contribution in [0.3, 0.4) is 0 Å². The summed E-state index contributed by atoms with van der Waals surface area (Å²) in [6.45, 7) is 0. The summed E-state index contributed by atoms with van der Waals surface area (Å²) in [5, 5.41) is 15.3. The topological polar surface area (TPSA) is 89.6 Å². The van der Waals surface area contributed by atoms with Crippen LogP contribution < -0.4 is 5.14 Å². The molecule has 1 aliphatic carbocycles. The Morgan fingerprint density at radius 3 is 2.44 bits per heavy atom. The largest absolute Gasteiger partial charge is 0.390 e. The third-order valence-electron chi connectivity index (χ3n) is 3.70. The average Bonchev–Trinajstić information content (AvgIpc) is 2.27. The van der Waals surface area contributed by atoms with Gasteiger partial charge in [-0.05, 0) is 32.1 Å². The van der Waals surface area contributed by atoms with Crippen molar-refractivity contribution in [3.8, 4) is 0 Å². The van der Waals surface area contributed by atoms with Crippen LogP contribution in [-0.2, 0) is 14.8 Å². The molecular formula is C12H25NO4S. The summed E-state index contributed by atoms with van der Waals surface area (Å²) >= 11 is 0. The van der Waals surface area contributed by atoms with E-state index in [1.807, 2.05) is 0 Å². The molecule has 6 heteroatoms. The van der Waals surface area contributed by atoms with Crippen LogP contribution in [0.25, 0.3) is 0 Å². The number of methoxy groups -OCH3 is 1. The summed E-state index contributed by atoms with van der Waals surface area (Å²) in [5.41, 5.74) is -0.544. The molecule has 1 aliphatic rings. The van der Waals surface area contributed by atoms with Gasteiger partial charge in [0.2, 0.25) is 10.0 Å². The highest BCUT2D eigenvalue weighted by Gasteiger charge is 2.28. The monoisotopic (exact) mass is 279 g/mol. The van der Waals surface area contributed by atoms with Crippen LogP contribution in [0.5, 0.6) is 0 Å². The molecule has 5 nitrogen and oxygen atoms in total. The van der Waals surface area contributed by atoms with Gasteiger partial charge in [0.1, 0.15) is 0 Å². The van der Waals surface area contributed by atoms with Crippen LogP contribution in [0.15, 0.2) is 0 Å². The summed E-state index contributed by atoms with van der Waals surface area (Å²) in [5.74, 6) is -0.151. The number of hydrogen-bond acceptors (Lipinski definition) is 4. The van der Waals surface area contributed by atoms with Gasteiger partial charge in [-0.2, -0.15) is 0 Å². The fourth-order valence-corrected chi connectivity index (χ4v) is 3.47. The molecule has 0 radical (unpaired) electrons. The number of primary sulfonamides is 1. The zero-order valence-corrected chi connectivity index (χ0v) is 11.9. The average molecular weight is 279 g/mol. The maximum absolute atomic E-state index is 11.0. The van der Waals surface area contributed by atoms with Gasteiger partial charge >= 0.3 is 0 Å². The highest BCUT2D eigenvalue weighted by Crippen LogP contribution is 2.32. The van der Waals surface area contributed by atoms with E-state index < -0.39 is 15.6 Å². The summed E-state index contributed by atoms with van der Waals surface area (Å²) in [6.07, 6.45) is 6.83. The molecule has 1 atom stereocenters. The first-order valence-electron chi connectivity index (χ1n) is 6.60. The summed E-state index contributed by atoms with van der Waals surface area (Å²) in [6, 6.07) is 0. The lowest BCUT2D eigenvalue weighted by molar-refractivity contribution is -0.00899. The molecule has 0 aliphatic heterocycles. The smallest absolute Gasteiger partial charge is 0.211 e. The lowest BCUT2D eigenvalue weighted by atomic mass is 9.81. The van der Waals surface area contributed by atoms with Crippen molar-refractivity contribution < 1.29 is 18.3 Å². The van der Waals surface area contributed by atoms with Gasteiger partial charge in [-0.1, -0.05) is 19.3 Å². The Labute approximate surface area is 110 Å². The summed E-state index contributed by atoms with van der Waals surface area (Å²) in [4.78, 5) is 0.